The molecule has 0 fully saturated rings. The summed E-state index contributed by atoms with van der Waals surface area (Å²) in [5, 5.41) is 9.14. The quantitative estimate of drug-likeness (QED) is 0.781. The first-order valence-electron chi connectivity index (χ1n) is 6.78. The number of rotatable bonds is 7. The number of nitrogens with two attached hydrogens (primary N) is 1. The average Bonchev–Trinajstić information content (AvgIpc) is 2.45. The predicted molar refractivity (Wildman–Crippen MR) is 78.3 cm³/mol. The van der Waals surface area contributed by atoms with Crippen molar-refractivity contribution in [2.75, 3.05) is 20.3 Å². The molecule has 1 rings (SSSR count). The molecule has 0 unspecified atom stereocenters. The van der Waals surface area contributed by atoms with Gasteiger partial charge in [0, 0.05) is 18.7 Å². The molecule has 1 aromatic carbocycles. The second-order valence-corrected chi connectivity index (χ2v) is 5.07. The summed E-state index contributed by atoms with van der Waals surface area (Å²) in [5.41, 5.74) is 6.81. The lowest BCUT2D eigenvalue weighted by atomic mass is 10.0. The van der Waals surface area contributed by atoms with E-state index < -0.39 is 6.04 Å². The van der Waals surface area contributed by atoms with Crippen LogP contribution >= 0.6 is 0 Å². The maximum absolute atomic E-state index is 12.3. The van der Waals surface area contributed by atoms with E-state index >= 15 is 0 Å². The van der Waals surface area contributed by atoms with Crippen molar-refractivity contribution < 1.29 is 14.6 Å². The average molecular weight is 280 g/mol. The van der Waals surface area contributed by atoms with Crippen LogP contribution in [0.25, 0.3) is 0 Å². The highest BCUT2D eigenvalue weighted by Crippen LogP contribution is 2.19. The Morgan fingerprint density at radius 3 is 2.60 bits per heavy atom. The minimum absolute atomic E-state index is 0.0568. The van der Waals surface area contributed by atoms with Crippen LogP contribution in [0.15, 0.2) is 24.3 Å². The molecule has 0 heterocycles. The molecule has 3 N–H and O–H groups in total. The molecule has 0 aliphatic rings. The van der Waals surface area contributed by atoms with E-state index in [1.54, 1.807) is 12.0 Å². The highest BCUT2D eigenvalue weighted by atomic mass is 16.5. The zero-order valence-electron chi connectivity index (χ0n) is 12.4. The summed E-state index contributed by atoms with van der Waals surface area (Å²) in [4.78, 5) is 13.9. The molecular formula is C15H24N2O3. The molecule has 0 bridgehead atoms. The zero-order chi connectivity index (χ0) is 15.1. The number of aliphatic hydroxyl groups is 1. The molecule has 0 aliphatic carbocycles. The van der Waals surface area contributed by atoms with Gasteiger partial charge in [-0.05, 0) is 12.0 Å². The van der Waals surface area contributed by atoms with Gasteiger partial charge in [-0.2, -0.15) is 0 Å². The number of ether oxygens (including phenoxy) is 1. The van der Waals surface area contributed by atoms with Crippen LogP contribution < -0.4 is 10.5 Å². The van der Waals surface area contributed by atoms with Crippen molar-refractivity contribution in [3.05, 3.63) is 29.8 Å². The summed E-state index contributed by atoms with van der Waals surface area (Å²) in [5.74, 6) is 0.627. The molecular weight excluding hydrogens is 256 g/mol. The van der Waals surface area contributed by atoms with E-state index in [0.29, 0.717) is 6.54 Å². The number of aliphatic hydroxyl groups excluding tert-OH is 1. The van der Waals surface area contributed by atoms with Crippen molar-refractivity contribution in [2.24, 2.45) is 11.7 Å². The fraction of sp³-hybridized carbons (Fsp3) is 0.533. The standard InChI is InChI=1S/C15H24N2O3/c1-11(2)14(16)15(19)17(8-9-18)10-12-6-4-5-7-13(12)20-3/h4-7,11,14,18H,8-10,16H2,1-3H3/t14-/m1/s1. The SMILES string of the molecule is COc1ccccc1CN(CCO)C(=O)[C@H](N)C(C)C. The zero-order valence-corrected chi connectivity index (χ0v) is 12.4. The van der Waals surface area contributed by atoms with Crippen molar-refractivity contribution in [1.29, 1.82) is 0 Å². The van der Waals surface area contributed by atoms with Crippen LogP contribution in [0, 0.1) is 5.92 Å². The van der Waals surface area contributed by atoms with E-state index in [2.05, 4.69) is 0 Å². The second kappa shape index (κ2) is 7.87. The summed E-state index contributed by atoms with van der Waals surface area (Å²) in [6.45, 7) is 4.36. The Morgan fingerprint density at radius 1 is 1.40 bits per heavy atom. The summed E-state index contributed by atoms with van der Waals surface area (Å²) >= 11 is 0. The molecule has 0 radical (unpaired) electrons. The van der Waals surface area contributed by atoms with Crippen LogP contribution in [0.1, 0.15) is 19.4 Å². The Kier molecular flexibility index (Phi) is 6.48. The van der Waals surface area contributed by atoms with Crippen LogP contribution in [-0.2, 0) is 11.3 Å². The van der Waals surface area contributed by atoms with Gasteiger partial charge >= 0.3 is 0 Å². The molecule has 5 heteroatoms. The largest absolute Gasteiger partial charge is 0.496 e. The van der Waals surface area contributed by atoms with Gasteiger partial charge in [-0.25, -0.2) is 0 Å². The summed E-state index contributed by atoms with van der Waals surface area (Å²) < 4.78 is 5.28. The maximum Gasteiger partial charge on any atom is 0.240 e. The van der Waals surface area contributed by atoms with Crippen molar-refractivity contribution >= 4 is 5.91 Å². The molecule has 1 aromatic rings. The fourth-order valence-electron chi connectivity index (χ4n) is 1.92. The van der Waals surface area contributed by atoms with Gasteiger partial charge in [0.25, 0.3) is 0 Å². The van der Waals surface area contributed by atoms with Crippen LogP contribution in [-0.4, -0.2) is 42.2 Å². The lowest BCUT2D eigenvalue weighted by Gasteiger charge is -2.27. The van der Waals surface area contributed by atoms with Crippen LogP contribution in [0.3, 0.4) is 0 Å². The molecule has 0 spiro atoms. The van der Waals surface area contributed by atoms with Gasteiger partial charge in [0.05, 0.1) is 19.8 Å². The number of carbonyl (C=O) groups excluding carboxylic acids is 1. The van der Waals surface area contributed by atoms with E-state index in [9.17, 15) is 4.79 Å². The monoisotopic (exact) mass is 280 g/mol. The number of carbonyl (C=O) groups is 1. The second-order valence-electron chi connectivity index (χ2n) is 5.07. The minimum atomic E-state index is -0.559. The molecule has 0 aliphatic heterocycles. The highest BCUT2D eigenvalue weighted by molar-refractivity contribution is 5.82. The topological polar surface area (TPSA) is 75.8 Å². The molecule has 112 valence electrons. The van der Waals surface area contributed by atoms with Crippen LogP contribution in [0.4, 0.5) is 0 Å². The van der Waals surface area contributed by atoms with Crippen LogP contribution in [0.2, 0.25) is 0 Å². The van der Waals surface area contributed by atoms with Crippen molar-refractivity contribution in [1.82, 2.24) is 4.90 Å². The lowest BCUT2D eigenvalue weighted by molar-refractivity contribution is -0.134. The maximum atomic E-state index is 12.3. The van der Waals surface area contributed by atoms with E-state index in [1.807, 2.05) is 38.1 Å². The number of benzene rings is 1. The molecule has 1 amide bonds. The van der Waals surface area contributed by atoms with Gasteiger partial charge < -0.3 is 20.5 Å². The predicted octanol–water partition coefficient (Wildman–Crippen LogP) is 0.999. The molecule has 0 saturated heterocycles. The van der Waals surface area contributed by atoms with Gasteiger partial charge in [0.15, 0.2) is 0 Å². The number of hydrogen-bond acceptors (Lipinski definition) is 4. The Bertz CT molecular complexity index is 435. The third-order valence-electron chi connectivity index (χ3n) is 3.24. The fourth-order valence-corrected chi connectivity index (χ4v) is 1.92. The van der Waals surface area contributed by atoms with Gasteiger partial charge in [0.1, 0.15) is 5.75 Å². The normalized spacial score (nSPS) is 12.3. The number of nitrogens with zero attached hydrogens (tertiary/aromatic N) is 1. The van der Waals surface area contributed by atoms with E-state index in [1.165, 1.54) is 0 Å². The number of hydrogen-bond donors (Lipinski definition) is 2. The van der Waals surface area contributed by atoms with Crippen molar-refractivity contribution in [3.8, 4) is 5.75 Å². The van der Waals surface area contributed by atoms with Gasteiger partial charge in [0.2, 0.25) is 5.91 Å². The molecule has 0 aromatic heterocycles. The first kappa shape index (κ1) is 16.5. The number of amides is 1. The van der Waals surface area contributed by atoms with E-state index in [-0.39, 0.29) is 25.0 Å². The first-order valence-corrected chi connectivity index (χ1v) is 6.78. The smallest absolute Gasteiger partial charge is 0.240 e. The lowest BCUT2D eigenvalue weighted by Crippen LogP contribution is -2.47. The minimum Gasteiger partial charge on any atom is -0.496 e. The third-order valence-corrected chi connectivity index (χ3v) is 3.24. The van der Waals surface area contributed by atoms with Crippen molar-refractivity contribution in [2.45, 2.75) is 26.4 Å². The molecule has 0 saturated carbocycles. The van der Waals surface area contributed by atoms with E-state index in [4.69, 9.17) is 15.6 Å². The summed E-state index contributed by atoms with van der Waals surface area (Å²) in [7, 11) is 1.59. The van der Waals surface area contributed by atoms with Crippen molar-refractivity contribution in [3.63, 3.8) is 0 Å². The number of para-hydroxylation sites is 1. The van der Waals surface area contributed by atoms with Gasteiger partial charge in [-0.15, -0.1) is 0 Å². The summed E-state index contributed by atoms with van der Waals surface area (Å²) in [6.07, 6.45) is 0. The first-order chi connectivity index (χ1) is 9.51. The Labute approximate surface area is 120 Å². The van der Waals surface area contributed by atoms with Gasteiger partial charge in [-0.1, -0.05) is 32.0 Å². The Balaban J connectivity index is 2.89. The van der Waals surface area contributed by atoms with Gasteiger partial charge in [-0.3, -0.25) is 4.79 Å². The van der Waals surface area contributed by atoms with Crippen LogP contribution in [0.5, 0.6) is 5.75 Å². The third kappa shape index (κ3) is 4.21. The Hall–Kier alpha value is -1.59. The van der Waals surface area contributed by atoms with E-state index in [0.717, 1.165) is 11.3 Å². The highest BCUT2D eigenvalue weighted by Gasteiger charge is 2.24. The molecule has 20 heavy (non-hydrogen) atoms. The number of methoxy groups -OCH3 is 1. The summed E-state index contributed by atoms with van der Waals surface area (Å²) in [6, 6.07) is 6.95. The Morgan fingerprint density at radius 2 is 2.05 bits per heavy atom. The molecule has 1 atom stereocenters. The molecule has 5 nitrogen and oxygen atoms in total.